The van der Waals surface area contributed by atoms with Gasteiger partial charge in [-0.05, 0) is 29.7 Å². The summed E-state index contributed by atoms with van der Waals surface area (Å²) in [5.41, 5.74) is 1.64. The molecule has 2 aromatic rings. The lowest BCUT2D eigenvalue weighted by molar-refractivity contribution is -0.161. The zero-order chi connectivity index (χ0) is 28.5. The Morgan fingerprint density at radius 2 is 1.31 bits per heavy atom. The average molecular weight is 539 g/mol. The molecule has 0 aliphatic heterocycles. The molecule has 0 bridgehead atoms. The molecule has 0 heterocycles. The molecule has 8 heteroatoms. The summed E-state index contributed by atoms with van der Waals surface area (Å²) in [6, 6.07) is 13.8. The van der Waals surface area contributed by atoms with Gasteiger partial charge >= 0.3 is 17.8 Å². The van der Waals surface area contributed by atoms with Gasteiger partial charge in [0.15, 0.2) is 0 Å². The monoisotopic (exact) mass is 538 g/mol. The number of aliphatic carboxylic acids is 2. The fraction of sp³-hybridized carbons (Fsp3) is 0.484. The Labute approximate surface area is 231 Å². The first-order valence-corrected chi connectivity index (χ1v) is 14.0. The quantitative estimate of drug-likeness (QED) is 0.171. The number of carboxylic acids is 2. The predicted octanol–water partition coefficient (Wildman–Crippen LogP) is 5.45. The van der Waals surface area contributed by atoms with Crippen molar-refractivity contribution in [3.8, 4) is 0 Å². The van der Waals surface area contributed by atoms with E-state index < -0.39 is 23.9 Å². The highest BCUT2D eigenvalue weighted by Gasteiger charge is 2.33. The number of amides is 2. The number of benzene rings is 2. The highest BCUT2D eigenvalue weighted by Crippen LogP contribution is 2.16. The Kier molecular flexibility index (Phi) is 14.4. The van der Waals surface area contributed by atoms with Crippen LogP contribution in [-0.2, 0) is 27.3 Å². The molecule has 0 aromatic heterocycles. The van der Waals surface area contributed by atoms with E-state index in [4.69, 9.17) is 0 Å². The van der Waals surface area contributed by atoms with E-state index in [1.807, 2.05) is 0 Å². The maximum atomic E-state index is 12.5. The molecule has 1 atom stereocenters. The largest absolute Gasteiger partial charge is 0.480 e. The third kappa shape index (κ3) is 11.7. The molecular weight excluding hydrogens is 496 g/mol. The Morgan fingerprint density at radius 3 is 1.85 bits per heavy atom. The number of unbranched alkanes of at least 4 members (excludes halogenated alkanes) is 9. The van der Waals surface area contributed by atoms with Crippen molar-refractivity contribution in [2.75, 3.05) is 6.54 Å². The Morgan fingerprint density at radius 1 is 0.744 bits per heavy atom. The van der Waals surface area contributed by atoms with Crippen molar-refractivity contribution in [3.05, 3.63) is 71.3 Å². The molecule has 0 radical (unpaired) electrons. The molecule has 8 nitrogen and oxygen atoms in total. The summed E-state index contributed by atoms with van der Waals surface area (Å²) in [6.07, 6.45) is 12.2. The van der Waals surface area contributed by atoms with Gasteiger partial charge in [0, 0.05) is 25.1 Å². The summed E-state index contributed by atoms with van der Waals surface area (Å²) in [6.45, 7) is 2.61. The average Bonchev–Trinajstić information content (AvgIpc) is 2.93. The molecule has 0 aliphatic carbocycles. The maximum absolute atomic E-state index is 12.5. The topological polar surface area (TPSA) is 124 Å². The van der Waals surface area contributed by atoms with E-state index in [2.05, 4.69) is 12.2 Å². The molecule has 0 aliphatic rings. The van der Waals surface area contributed by atoms with E-state index in [0.29, 0.717) is 23.2 Å². The standard InChI is InChI=1S/C31H42N2O6/c1-2-3-4-5-6-7-8-9-10-14-21-32-28(34)26-19-17-25(18-20-26)23-33(29(35)31(38)39)27(30(36)37)22-24-15-12-11-13-16-24/h11-13,15-20,27H,2-10,14,21-23H2,1H3,(H,32,34)(H,36,37)(H,38,39)/t27-/m1/s1. The summed E-state index contributed by atoms with van der Waals surface area (Å²) in [7, 11) is 0. The number of hydrogen-bond acceptors (Lipinski definition) is 4. The van der Waals surface area contributed by atoms with Crippen molar-refractivity contribution in [2.24, 2.45) is 0 Å². The molecule has 0 saturated carbocycles. The van der Waals surface area contributed by atoms with Gasteiger partial charge in [-0.25, -0.2) is 9.59 Å². The van der Waals surface area contributed by atoms with Gasteiger partial charge in [-0.3, -0.25) is 9.59 Å². The van der Waals surface area contributed by atoms with Crippen LogP contribution in [0.4, 0.5) is 0 Å². The summed E-state index contributed by atoms with van der Waals surface area (Å²) in [5.74, 6) is -4.52. The highest BCUT2D eigenvalue weighted by molar-refractivity contribution is 6.31. The second kappa shape index (κ2) is 17.8. The first-order valence-electron chi connectivity index (χ1n) is 14.0. The Hall–Kier alpha value is -3.68. The molecule has 0 saturated heterocycles. The van der Waals surface area contributed by atoms with E-state index in [1.165, 1.54) is 51.4 Å². The predicted molar refractivity (Wildman–Crippen MR) is 150 cm³/mol. The van der Waals surface area contributed by atoms with E-state index in [-0.39, 0.29) is 18.9 Å². The van der Waals surface area contributed by atoms with Gasteiger partial charge in [0.2, 0.25) is 0 Å². The van der Waals surface area contributed by atoms with Crippen LogP contribution in [0.15, 0.2) is 54.6 Å². The zero-order valence-electron chi connectivity index (χ0n) is 22.9. The van der Waals surface area contributed by atoms with Crippen LogP contribution in [0.1, 0.15) is 92.6 Å². The van der Waals surface area contributed by atoms with E-state index in [0.717, 1.165) is 17.7 Å². The number of carboxylic acid groups (broad SMARTS) is 2. The summed E-state index contributed by atoms with van der Waals surface area (Å²) < 4.78 is 0. The van der Waals surface area contributed by atoms with Gasteiger partial charge in [0.1, 0.15) is 6.04 Å². The van der Waals surface area contributed by atoms with Gasteiger partial charge in [0.05, 0.1) is 0 Å². The summed E-state index contributed by atoms with van der Waals surface area (Å²) >= 11 is 0. The van der Waals surface area contributed by atoms with Gasteiger partial charge in [-0.15, -0.1) is 0 Å². The molecule has 2 rings (SSSR count). The minimum Gasteiger partial charge on any atom is -0.480 e. The minimum absolute atomic E-state index is 0.0331. The molecule has 2 aromatic carbocycles. The third-order valence-electron chi connectivity index (χ3n) is 6.76. The number of carbonyl (C=O) groups is 4. The number of hydrogen-bond donors (Lipinski definition) is 3. The van der Waals surface area contributed by atoms with E-state index in [9.17, 15) is 29.4 Å². The van der Waals surface area contributed by atoms with Crippen LogP contribution in [0.25, 0.3) is 0 Å². The molecule has 3 N–H and O–H groups in total. The van der Waals surface area contributed by atoms with Crippen molar-refractivity contribution in [1.82, 2.24) is 10.2 Å². The van der Waals surface area contributed by atoms with Crippen molar-refractivity contribution in [3.63, 3.8) is 0 Å². The Balaban J connectivity index is 1.86. The maximum Gasteiger partial charge on any atom is 0.394 e. The van der Waals surface area contributed by atoms with Crippen LogP contribution in [0.5, 0.6) is 0 Å². The van der Waals surface area contributed by atoms with Crippen LogP contribution in [0, 0.1) is 0 Å². The molecule has 39 heavy (non-hydrogen) atoms. The molecular formula is C31H42N2O6. The molecule has 212 valence electrons. The fourth-order valence-corrected chi connectivity index (χ4v) is 4.49. The SMILES string of the molecule is CCCCCCCCCCCCNC(=O)c1ccc(CN(C(=O)C(=O)O)[C@H](Cc2ccccc2)C(=O)O)cc1. The van der Waals surface area contributed by atoms with E-state index >= 15 is 0 Å². The number of nitrogens with zero attached hydrogens (tertiary/aromatic N) is 1. The van der Waals surface area contributed by atoms with Gasteiger partial charge in [-0.1, -0.05) is 107 Å². The first-order chi connectivity index (χ1) is 18.8. The van der Waals surface area contributed by atoms with Gasteiger partial charge in [0.25, 0.3) is 5.91 Å². The number of rotatable bonds is 18. The number of carbonyl (C=O) groups excluding carboxylic acids is 2. The molecule has 2 amide bonds. The van der Waals surface area contributed by atoms with Crippen LogP contribution in [0.3, 0.4) is 0 Å². The van der Waals surface area contributed by atoms with Crippen molar-refractivity contribution in [2.45, 2.75) is 90.1 Å². The molecule has 0 unspecified atom stereocenters. The highest BCUT2D eigenvalue weighted by atomic mass is 16.4. The normalized spacial score (nSPS) is 11.5. The molecule has 0 fully saturated rings. The first kappa shape index (κ1) is 31.5. The molecule has 0 spiro atoms. The lowest BCUT2D eigenvalue weighted by Crippen LogP contribution is -2.48. The van der Waals surface area contributed by atoms with Crippen molar-refractivity contribution < 1.29 is 29.4 Å². The second-order valence-corrected chi connectivity index (χ2v) is 9.92. The van der Waals surface area contributed by atoms with Gasteiger partial charge in [-0.2, -0.15) is 0 Å². The van der Waals surface area contributed by atoms with E-state index in [1.54, 1.807) is 54.6 Å². The zero-order valence-corrected chi connectivity index (χ0v) is 22.9. The minimum atomic E-state index is -1.72. The van der Waals surface area contributed by atoms with Crippen LogP contribution in [-0.4, -0.2) is 51.5 Å². The van der Waals surface area contributed by atoms with Crippen LogP contribution < -0.4 is 5.32 Å². The fourth-order valence-electron chi connectivity index (χ4n) is 4.49. The van der Waals surface area contributed by atoms with Gasteiger partial charge < -0.3 is 20.4 Å². The summed E-state index contributed by atoms with van der Waals surface area (Å²) in [5, 5.41) is 22.0. The van der Waals surface area contributed by atoms with Crippen LogP contribution in [0.2, 0.25) is 0 Å². The Bertz CT molecular complexity index is 1040. The van der Waals surface area contributed by atoms with Crippen molar-refractivity contribution >= 4 is 23.8 Å². The lowest BCUT2D eigenvalue weighted by Gasteiger charge is -2.28. The third-order valence-corrected chi connectivity index (χ3v) is 6.76. The lowest BCUT2D eigenvalue weighted by atomic mass is 10.0. The van der Waals surface area contributed by atoms with Crippen molar-refractivity contribution in [1.29, 1.82) is 0 Å². The smallest absolute Gasteiger partial charge is 0.394 e. The van der Waals surface area contributed by atoms with Crippen LogP contribution >= 0.6 is 0 Å². The summed E-state index contributed by atoms with van der Waals surface area (Å²) in [4.78, 5) is 49.3. The number of nitrogens with one attached hydrogen (secondary N) is 1. The second-order valence-electron chi connectivity index (χ2n) is 9.92.